The molecule has 1 atom stereocenters. The number of nitrogens with zero attached hydrogens (tertiary/aromatic N) is 4. The van der Waals surface area contributed by atoms with Crippen LogP contribution >= 0.6 is 0 Å². The Balaban J connectivity index is 1.81. The molecule has 1 saturated heterocycles. The molecule has 3 rings (SSSR count). The van der Waals surface area contributed by atoms with E-state index in [1.165, 1.54) is 0 Å². The molecule has 0 saturated carbocycles. The topological polar surface area (TPSA) is 73.6 Å². The molecule has 7 nitrogen and oxygen atoms in total. The average Bonchev–Trinajstić information content (AvgIpc) is 2.85. The number of alkyl halides is 2. The summed E-state index contributed by atoms with van der Waals surface area (Å²) in [5.41, 5.74) is 4.12. The zero-order valence-corrected chi connectivity index (χ0v) is 20.6. The normalized spacial score (nSPS) is 23.8. The number of anilines is 1. The Kier molecular flexibility index (Phi) is 9.29. The van der Waals surface area contributed by atoms with E-state index in [4.69, 9.17) is 4.74 Å². The van der Waals surface area contributed by atoms with Gasteiger partial charge >= 0.3 is 0 Å². The number of ether oxygens (including phenoxy) is 1. The number of allylic oxidation sites excluding steroid dienone is 1. The van der Waals surface area contributed by atoms with Gasteiger partial charge in [0.1, 0.15) is 5.71 Å². The van der Waals surface area contributed by atoms with Crippen molar-refractivity contribution in [1.29, 1.82) is 0 Å². The first-order valence-corrected chi connectivity index (χ1v) is 11.9. The fourth-order valence-corrected chi connectivity index (χ4v) is 4.14. The molecular weight excluding hydrogens is 438 g/mol. The highest BCUT2D eigenvalue weighted by Crippen LogP contribution is 2.30. The lowest BCUT2D eigenvalue weighted by molar-refractivity contribution is -0.0740. The summed E-state index contributed by atoms with van der Waals surface area (Å²) in [6.45, 7) is 7.80. The van der Waals surface area contributed by atoms with Crippen molar-refractivity contribution < 1.29 is 13.5 Å². The molecule has 9 heteroatoms. The maximum atomic E-state index is 14.3. The molecule has 2 heterocycles. The Morgan fingerprint density at radius 3 is 2.53 bits per heavy atom. The molecule has 0 spiro atoms. The molecule has 0 bridgehead atoms. The number of aliphatic imine (C=N–C) groups is 3. The monoisotopic (exact) mass is 474 g/mol. The highest BCUT2D eigenvalue weighted by molar-refractivity contribution is 6.72. The smallest absolute Gasteiger partial charge is 0.255 e. The number of likely N-dealkylation sites (N-methyl/N-ethyl adjacent to an activating group) is 1. The molecule has 2 N–H and O–H groups in total. The van der Waals surface area contributed by atoms with Gasteiger partial charge in [-0.15, -0.1) is 0 Å². The number of halogens is 2. The molecule has 1 unspecified atom stereocenters. The quantitative estimate of drug-likeness (QED) is 0.539. The van der Waals surface area contributed by atoms with Crippen LogP contribution in [0.2, 0.25) is 0 Å². The molecule has 1 fully saturated rings. The van der Waals surface area contributed by atoms with Crippen LogP contribution in [0.3, 0.4) is 0 Å². The van der Waals surface area contributed by atoms with Gasteiger partial charge in [0.15, 0.2) is 5.84 Å². The maximum absolute atomic E-state index is 14.3. The third-order valence-corrected chi connectivity index (χ3v) is 6.19. The Bertz CT molecular complexity index is 939. The summed E-state index contributed by atoms with van der Waals surface area (Å²) in [7, 11) is 3.35. The second-order valence-corrected chi connectivity index (χ2v) is 8.29. The van der Waals surface area contributed by atoms with Gasteiger partial charge in [-0.1, -0.05) is 12.1 Å². The van der Waals surface area contributed by atoms with Gasteiger partial charge in [-0.05, 0) is 37.6 Å². The standard InChI is InChI=1S/C25H36F2N6O/c1-5-33(13-14-34-6-2)20-9-7-18(8-10-20)21-15-22(28-3)23(29-4)24(32-21)31-17-19-16-30-12-11-25(19,26)27/h7-10,15,19,30H,5-6,11-14,16-17H2,1-4H3,(H,31,32). The number of amidine groups is 1. The fourth-order valence-electron chi connectivity index (χ4n) is 4.14. The molecule has 2 aliphatic rings. The van der Waals surface area contributed by atoms with Crippen LogP contribution < -0.4 is 15.5 Å². The van der Waals surface area contributed by atoms with Gasteiger partial charge in [-0.25, -0.2) is 8.78 Å². The van der Waals surface area contributed by atoms with E-state index in [-0.39, 0.29) is 19.5 Å². The van der Waals surface area contributed by atoms with Crippen molar-refractivity contribution in [2.75, 3.05) is 64.9 Å². The van der Waals surface area contributed by atoms with E-state index in [2.05, 4.69) is 49.6 Å². The van der Waals surface area contributed by atoms with E-state index in [9.17, 15) is 8.78 Å². The lowest BCUT2D eigenvalue weighted by atomic mass is 9.95. The number of benzene rings is 1. The van der Waals surface area contributed by atoms with Crippen molar-refractivity contribution in [3.63, 3.8) is 0 Å². The Morgan fingerprint density at radius 1 is 1.15 bits per heavy atom. The van der Waals surface area contributed by atoms with Crippen LogP contribution in [0.4, 0.5) is 14.5 Å². The maximum Gasteiger partial charge on any atom is 0.255 e. The van der Waals surface area contributed by atoms with Crippen LogP contribution in [0.25, 0.3) is 5.70 Å². The SMILES string of the molecule is CCOCCN(CC)c1ccc(C2=CC(=NC)C(=NC)C(=NCC3CNCCC3(F)F)N2)cc1. The zero-order valence-electron chi connectivity index (χ0n) is 20.6. The third-order valence-electron chi connectivity index (χ3n) is 6.19. The zero-order chi connectivity index (χ0) is 24.6. The predicted molar refractivity (Wildman–Crippen MR) is 137 cm³/mol. The second kappa shape index (κ2) is 12.2. The first kappa shape index (κ1) is 26.0. The lowest BCUT2D eigenvalue weighted by Crippen LogP contribution is -2.47. The largest absolute Gasteiger partial charge is 0.380 e. The highest BCUT2D eigenvalue weighted by Gasteiger charge is 2.41. The molecular formula is C25H36F2N6O. The van der Waals surface area contributed by atoms with Gasteiger partial charge in [-0.2, -0.15) is 0 Å². The second-order valence-electron chi connectivity index (χ2n) is 8.29. The highest BCUT2D eigenvalue weighted by atomic mass is 19.3. The Morgan fingerprint density at radius 2 is 1.91 bits per heavy atom. The molecule has 0 aromatic heterocycles. The fraction of sp³-hybridized carbons (Fsp3) is 0.560. The summed E-state index contributed by atoms with van der Waals surface area (Å²) >= 11 is 0. The van der Waals surface area contributed by atoms with E-state index in [1.807, 2.05) is 25.1 Å². The first-order valence-electron chi connectivity index (χ1n) is 11.9. The predicted octanol–water partition coefficient (Wildman–Crippen LogP) is 3.28. The molecule has 2 aliphatic heterocycles. The van der Waals surface area contributed by atoms with E-state index in [0.717, 1.165) is 30.0 Å². The number of nitrogens with one attached hydrogen (secondary N) is 2. The Labute approximate surface area is 201 Å². The molecule has 186 valence electrons. The molecule has 0 aliphatic carbocycles. The van der Waals surface area contributed by atoms with Crippen molar-refractivity contribution in [3.05, 3.63) is 35.9 Å². The van der Waals surface area contributed by atoms with Crippen LogP contribution in [0, 0.1) is 5.92 Å². The number of piperidine rings is 1. The van der Waals surface area contributed by atoms with Gasteiger partial charge in [0.2, 0.25) is 0 Å². The van der Waals surface area contributed by atoms with Crippen molar-refractivity contribution in [3.8, 4) is 0 Å². The first-order chi connectivity index (χ1) is 16.4. The average molecular weight is 475 g/mol. The van der Waals surface area contributed by atoms with E-state index in [0.29, 0.717) is 37.0 Å². The van der Waals surface area contributed by atoms with E-state index in [1.54, 1.807) is 14.1 Å². The van der Waals surface area contributed by atoms with Crippen LogP contribution in [-0.2, 0) is 4.74 Å². The van der Waals surface area contributed by atoms with Crippen molar-refractivity contribution in [1.82, 2.24) is 10.6 Å². The van der Waals surface area contributed by atoms with Gasteiger partial charge in [-0.3, -0.25) is 15.0 Å². The van der Waals surface area contributed by atoms with E-state index < -0.39 is 11.8 Å². The van der Waals surface area contributed by atoms with Crippen molar-refractivity contribution >= 4 is 28.6 Å². The summed E-state index contributed by atoms with van der Waals surface area (Å²) in [6, 6.07) is 8.22. The third kappa shape index (κ3) is 6.27. The van der Waals surface area contributed by atoms with Crippen LogP contribution in [0.5, 0.6) is 0 Å². The van der Waals surface area contributed by atoms with Crippen LogP contribution in [0.1, 0.15) is 25.8 Å². The summed E-state index contributed by atoms with van der Waals surface area (Å²) < 4.78 is 34.1. The minimum Gasteiger partial charge on any atom is -0.380 e. The molecule has 1 aromatic rings. The Hall–Kier alpha value is -2.65. The summed E-state index contributed by atoms with van der Waals surface area (Å²) in [5.74, 6) is -3.10. The lowest BCUT2D eigenvalue weighted by Gasteiger charge is -2.31. The summed E-state index contributed by atoms with van der Waals surface area (Å²) in [4.78, 5) is 15.5. The number of hydrogen-bond acceptors (Lipinski definition) is 6. The molecule has 0 amide bonds. The summed E-state index contributed by atoms with van der Waals surface area (Å²) in [5, 5.41) is 6.35. The molecule has 0 radical (unpaired) electrons. The summed E-state index contributed by atoms with van der Waals surface area (Å²) in [6.07, 6.45) is 1.75. The van der Waals surface area contributed by atoms with Gasteiger partial charge in [0.25, 0.3) is 5.92 Å². The van der Waals surface area contributed by atoms with Crippen LogP contribution in [0.15, 0.2) is 45.3 Å². The van der Waals surface area contributed by atoms with E-state index >= 15 is 0 Å². The van der Waals surface area contributed by atoms with Crippen molar-refractivity contribution in [2.45, 2.75) is 26.2 Å². The molecule has 34 heavy (non-hydrogen) atoms. The van der Waals surface area contributed by atoms with Crippen molar-refractivity contribution in [2.24, 2.45) is 20.9 Å². The minimum atomic E-state index is -2.73. The van der Waals surface area contributed by atoms with Gasteiger partial charge in [0, 0.05) is 64.7 Å². The number of hydrogen-bond donors (Lipinski definition) is 2. The van der Waals surface area contributed by atoms with Crippen LogP contribution in [-0.4, -0.2) is 83.2 Å². The van der Waals surface area contributed by atoms with Gasteiger partial charge in [0.05, 0.1) is 24.8 Å². The number of rotatable bonds is 9. The minimum absolute atomic E-state index is 0.00978. The van der Waals surface area contributed by atoms with Gasteiger partial charge < -0.3 is 20.3 Å². The molecule has 1 aromatic carbocycles.